The van der Waals surface area contributed by atoms with Crippen molar-refractivity contribution >= 4 is 6.03 Å². The van der Waals surface area contributed by atoms with Gasteiger partial charge in [-0.15, -0.1) is 0 Å². The van der Waals surface area contributed by atoms with E-state index in [9.17, 15) is 4.79 Å². The number of urea groups is 1. The van der Waals surface area contributed by atoms with Crippen molar-refractivity contribution in [2.24, 2.45) is 5.92 Å². The summed E-state index contributed by atoms with van der Waals surface area (Å²) in [6.07, 6.45) is 0.748. The SMILES string of the molecule is CCN(CC)CCN(CC(C)C)C(=O)NCCc1ccc(OC)c(OC)c1. The summed E-state index contributed by atoms with van der Waals surface area (Å²) in [6, 6.07) is 5.86. The minimum absolute atomic E-state index is 0.0105. The first kappa shape index (κ1) is 23.1. The molecule has 0 fully saturated rings. The molecule has 0 aliphatic rings. The molecule has 1 N–H and O–H groups in total. The highest BCUT2D eigenvalue weighted by Gasteiger charge is 2.15. The zero-order chi connectivity index (χ0) is 20.2. The van der Waals surface area contributed by atoms with Crippen molar-refractivity contribution in [1.82, 2.24) is 15.1 Å². The number of carbonyl (C=O) groups excluding carboxylic acids is 1. The lowest BCUT2D eigenvalue weighted by Gasteiger charge is -2.28. The number of amides is 2. The number of rotatable bonds is 12. The summed E-state index contributed by atoms with van der Waals surface area (Å²) in [5, 5.41) is 3.06. The van der Waals surface area contributed by atoms with Crippen molar-refractivity contribution in [1.29, 1.82) is 0 Å². The number of nitrogens with one attached hydrogen (secondary N) is 1. The van der Waals surface area contributed by atoms with Gasteiger partial charge in [-0.2, -0.15) is 0 Å². The molecular formula is C21H37N3O3. The van der Waals surface area contributed by atoms with Crippen LogP contribution < -0.4 is 14.8 Å². The van der Waals surface area contributed by atoms with Gasteiger partial charge in [-0.1, -0.05) is 33.8 Å². The first-order chi connectivity index (χ1) is 12.9. The summed E-state index contributed by atoms with van der Waals surface area (Å²) < 4.78 is 10.6. The lowest BCUT2D eigenvalue weighted by Crippen LogP contribution is -2.46. The van der Waals surface area contributed by atoms with Crippen molar-refractivity contribution in [3.05, 3.63) is 23.8 Å². The van der Waals surface area contributed by atoms with Crippen LogP contribution in [0.15, 0.2) is 18.2 Å². The van der Waals surface area contributed by atoms with E-state index in [1.54, 1.807) is 14.2 Å². The molecule has 6 heteroatoms. The second-order valence-electron chi connectivity index (χ2n) is 7.04. The predicted molar refractivity (Wildman–Crippen MR) is 111 cm³/mol. The molecule has 1 aromatic carbocycles. The standard InChI is InChI=1S/C21H37N3O3/c1-7-23(8-2)13-14-24(16-17(3)4)21(25)22-12-11-18-9-10-19(26-5)20(15-18)27-6/h9-10,15,17H,7-8,11-14,16H2,1-6H3,(H,22,25). The van der Waals surface area contributed by atoms with E-state index in [1.807, 2.05) is 23.1 Å². The molecular weight excluding hydrogens is 342 g/mol. The van der Waals surface area contributed by atoms with Crippen LogP contribution >= 0.6 is 0 Å². The summed E-state index contributed by atoms with van der Waals surface area (Å²) in [5.41, 5.74) is 1.10. The van der Waals surface area contributed by atoms with Gasteiger partial charge < -0.3 is 24.6 Å². The van der Waals surface area contributed by atoms with Crippen LogP contribution in [0.1, 0.15) is 33.3 Å². The van der Waals surface area contributed by atoms with Crippen LogP contribution in [0.2, 0.25) is 0 Å². The van der Waals surface area contributed by atoms with Crippen molar-refractivity contribution in [3.8, 4) is 11.5 Å². The van der Waals surface area contributed by atoms with Crippen LogP contribution in [0.3, 0.4) is 0 Å². The van der Waals surface area contributed by atoms with E-state index < -0.39 is 0 Å². The highest BCUT2D eigenvalue weighted by molar-refractivity contribution is 5.74. The molecule has 0 aliphatic heterocycles. The van der Waals surface area contributed by atoms with Gasteiger partial charge in [-0.25, -0.2) is 4.79 Å². The van der Waals surface area contributed by atoms with Crippen LogP contribution in [-0.4, -0.2) is 69.3 Å². The monoisotopic (exact) mass is 379 g/mol. The fourth-order valence-corrected chi connectivity index (χ4v) is 2.98. The van der Waals surface area contributed by atoms with Crippen LogP contribution in [0.4, 0.5) is 4.79 Å². The van der Waals surface area contributed by atoms with Crippen LogP contribution in [0.25, 0.3) is 0 Å². The Hall–Kier alpha value is -1.95. The quantitative estimate of drug-likeness (QED) is 0.606. The third-order valence-corrected chi connectivity index (χ3v) is 4.59. The maximum absolute atomic E-state index is 12.6. The molecule has 0 aromatic heterocycles. The van der Waals surface area contributed by atoms with E-state index in [-0.39, 0.29) is 6.03 Å². The second kappa shape index (κ2) is 12.4. The number of likely N-dealkylation sites (N-methyl/N-ethyl adjacent to an activating group) is 1. The van der Waals surface area contributed by atoms with E-state index in [4.69, 9.17) is 9.47 Å². The first-order valence-corrected chi connectivity index (χ1v) is 9.91. The Bertz CT molecular complexity index is 560. The number of hydrogen-bond donors (Lipinski definition) is 1. The van der Waals surface area contributed by atoms with Crippen LogP contribution in [0.5, 0.6) is 11.5 Å². The predicted octanol–water partition coefficient (Wildman–Crippen LogP) is 3.26. The topological polar surface area (TPSA) is 54.0 Å². The maximum atomic E-state index is 12.6. The zero-order valence-corrected chi connectivity index (χ0v) is 17.9. The van der Waals surface area contributed by atoms with E-state index in [2.05, 4.69) is 37.9 Å². The minimum atomic E-state index is 0.0105. The molecule has 1 rings (SSSR count). The number of ether oxygens (including phenoxy) is 2. The van der Waals surface area contributed by atoms with Gasteiger partial charge in [0.1, 0.15) is 0 Å². The third kappa shape index (κ3) is 8.08. The largest absolute Gasteiger partial charge is 0.493 e. The molecule has 1 aromatic rings. The number of hydrogen-bond acceptors (Lipinski definition) is 4. The molecule has 6 nitrogen and oxygen atoms in total. The van der Waals surface area contributed by atoms with Crippen LogP contribution in [0, 0.1) is 5.92 Å². The van der Waals surface area contributed by atoms with Gasteiger partial charge in [-0.05, 0) is 43.1 Å². The molecule has 0 spiro atoms. The van der Waals surface area contributed by atoms with Crippen molar-refractivity contribution in [2.75, 3.05) is 53.5 Å². The Balaban J connectivity index is 2.57. The molecule has 0 heterocycles. The molecule has 0 bridgehead atoms. The minimum Gasteiger partial charge on any atom is -0.493 e. The van der Waals surface area contributed by atoms with Crippen molar-refractivity contribution in [3.63, 3.8) is 0 Å². The molecule has 0 atom stereocenters. The number of methoxy groups -OCH3 is 2. The third-order valence-electron chi connectivity index (χ3n) is 4.59. The molecule has 2 amide bonds. The van der Waals surface area contributed by atoms with E-state index >= 15 is 0 Å². The molecule has 27 heavy (non-hydrogen) atoms. The smallest absolute Gasteiger partial charge is 0.317 e. The summed E-state index contributed by atoms with van der Waals surface area (Å²) >= 11 is 0. The Morgan fingerprint density at radius 3 is 2.30 bits per heavy atom. The van der Waals surface area contributed by atoms with E-state index in [0.717, 1.165) is 44.7 Å². The molecule has 154 valence electrons. The Morgan fingerprint density at radius 1 is 1.07 bits per heavy atom. The fourth-order valence-electron chi connectivity index (χ4n) is 2.98. The van der Waals surface area contributed by atoms with Gasteiger partial charge >= 0.3 is 6.03 Å². The van der Waals surface area contributed by atoms with Gasteiger partial charge in [0.15, 0.2) is 11.5 Å². The summed E-state index contributed by atoms with van der Waals surface area (Å²) in [6.45, 7) is 13.6. The van der Waals surface area contributed by atoms with E-state index in [0.29, 0.717) is 24.0 Å². The molecule has 0 unspecified atom stereocenters. The normalized spacial score (nSPS) is 11.0. The highest BCUT2D eigenvalue weighted by Crippen LogP contribution is 2.27. The Labute approximate surface area is 164 Å². The van der Waals surface area contributed by atoms with Crippen molar-refractivity contribution < 1.29 is 14.3 Å². The summed E-state index contributed by atoms with van der Waals surface area (Å²) in [7, 11) is 3.25. The summed E-state index contributed by atoms with van der Waals surface area (Å²) in [4.78, 5) is 16.9. The van der Waals surface area contributed by atoms with E-state index in [1.165, 1.54) is 0 Å². The van der Waals surface area contributed by atoms with Gasteiger partial charge in [0, 0.05) is 26.2 Å². The maximum Gasteiger partial charge on any atom is 0.317 e. The average Bonchev–Trinajstić information content (AvgIpc) is 2.67. The number of carbonyl (C=O) groups is 1. The zero-order valence-electron chi connectivity index (χ0n) is 17.9. The van der Waals surface area contributed by atoms with Gasteiger partial charge in [-0.3, -0.25) is 0 Å². The van der Waals surface area contributed by atoms with Crippen molar-refractivity contribution in [2.45, 2.75) is 34.1 Å². The summed E-state index contributed by atoms with van der Waals surface area (Å²) in [5.74, 6) is 1.87. The number of benzene rings is 1. The van der Waals surface area contributed by atoms with Gasteiger partial charge in [0.05, 0.1) is 14.2 Å². The fraction of sp³-hybridized carbons (Fsp3) is 0.667. The molecule has 0 aliphatic carbocycles. The first-order valence-electron chi connectivity index (χ1n) is 9.91. The lowest BCUT2D eigenvalue weighted by molar-refractivity contribution is 0.178. The Morgan fingerprint density at radius 2 is 1.74 bits per heavy atom. The highest BCUT2D eigenvalue weighted by atomic mass is 16.5. The van der Waals surface area contributed by atoms with Gasteiger partial charge in [0.25, 0.3) is 0 Å². The second-order valence-corrected chi connectivity index (χ2v) is 7.04. The number of nitrogens with zero attached hydrogens (tertiary/aromatic N) is 2. The average molecular weight is 380 g/mol. The molecule has 0 saturated heterocycles. The Kier molecular flexibility index (Phi) is 10.6. The molecule has 0 saturated carbocycles. The molecule has 0 radical (unpaired) electrons. The lowest BCUT2D eigenvalue weighted by atomic mass is 10.1. The van der Waals surface area contributed by atoms with Gasteiger partial charge in [0.2, 0.25) is 0 Å². The van der Waals surface area contributed by atoms with Crippen LogP contribution in [-0.2, 0) is 6.42 Å².